The summed E-state index contributed by atoms with van der Waals surface area (Å²) in [6.45, 7) is 2.89. The van der Waals surface area contributed by atoms with E-state index >= 15 is 0 Å². The summed E-state index contributed by atoms with van der Waals surface area (Å²) in [6.07, 6.45) is 3.77. The number of methoxy groups -OCH3 is 1. The van der Waals surface area contributed by atoms with Crippen LogP contribution in [0.2, 0.25) is 0 Å². The second-order valence-corrected chi connectivity index (χ2v) is 7.58. The Morgan fingerprint density at radius 1 is 1.06 bits per heavy atom. The molecule has 4 aromatic rings. The minimum atomic E-state index is -0.556. The van der Waals surface area contributed by atoms with E-state index in [1.54, 1.807) is 48.5 Å². The summed E-state index contributed by atoms with van der Waals surface area (Å²) in [7, 11) is 1.49. The van der Waals surface area contributed by atoms with Crippen molar-refractivity contribution in [1.29, 1.82) is 0 Å². The van der Waals surface area contributed by atoms with Crippen LogP contribution < -0.4 is 14.2 Å². The predicted molar refractivity (Wildman–Crippen MR) is 125 cm³/mol. The van der Waals surface area contributed by atoms with E-state index in [1.807, 2.05) is 24.4 Å². The Labute approximate surface area is 190 Å². The molecule has 5 rings (SSSR count). The van der Waals surface area contributed by atoms with Crippen LogP contribution in [0.25, 0.3) is 17.0 Å². The third-order valence-corrected chi connectivity index (χ3v) is 5.63. The molecule has 0 unspecified atom stereocenters. The molecule has 0 fully saturated rings. The number of hydrogen-bond acceptors (Lipinski definition) is 5. The van der Waals surface area contributed by atoms with Crippen molar-refractivity contribution in [3.8, 4) is 17.2 Å². The average Bonchev–Trinajstić information content (AvgIpc) is 3.36. The molecule has 33 heavy (non-hydrogen) atoms. The number of allylic oxidation sites excluding steroid dienone is 1. The Morgan fingerprint density at radius 2 is 1.85 bits per heavy atom. The van der Waals surface area contributed by atoms with E-state index in [2.05, 4.69) is 17.6 Å². The number of hydrogen-bond donors (Lipinski definition) is 0. The summed E-state index contributed by atoms with van der Waals surface area (Å²) in [5, 5.41) is 1.05. The van der Waals surface area contributed by atoms with Gasteiger partial charge in [0.1, 0.15) is 22.8 Å². The van der Waals surface area contributed by atoms with E-state index in [4.69, 9.17) is 14.2 Å². The highest BCUT2D eigenvalue weighted by molar-refractivity contribution is 6.15. The first-order chi connectivity index (χ1) is 16.1. The number of rotatable bonds is 5. The molecule has 2 heterocycles. The van der Waals surface area contributed by atoms with Gasteiger partial charge in [-0.2, -0.15) is 0 Å². The Bertz CT molecular complexity index is 1430. The lowest BCUT2D eigenvalue weighted by Gasteiger charge is -2.08. The zero-order chi connectivity index (χ0) is 22.9. The van der Waals surface area contributed by atoms with Crippen molar-refractivity contribution >= 4 is 28.7 Å². The fourth-order valence-corrected chi connectivity index (χ4v) is 4.00. The second-order valence-electron chi connectivity index (χ2n) is 7.58. The standard InChI is InChI=1S/C27H21NO5/c1-3-28-16-17(19-8-4-6-10-22(19)28)14-25-26(29)20-13-12-18(15-24(20)33-25)32-27(30)21-9-5-7-11-23(21)31-2/h4-16H,3H2,1-2H3/b25-14+. The van der Waals surface area contributed by atoms with Crippen LogP contribution in [-0.4, -0.2) is 23.4 Å². The Kier molecular flexibility index (Phi) is 5.18. The SMILES string of the molecule is CCn1cc(/C=C2/Oc3cc(OC(=O)c4ccccc4OC)ccc3C2=O)c2ccccc21. The fourth-order valence-electron chi connectivity index (χ4n) is 4.00. The van der Waals surface area contributed by atoms with Crippen LogP contribution in [0.1, 0.15) is 33.2 Å². The maximum atomic E-state index is 12.9. The van der Waals surface area contributed by atoms with Crippen molar-refractivity contribution in [2.45, 2.75) is 13.5 Å². The van der Waals surface area contributed by atoms with Gasteiger partial charge < -0.3 is 18.8 Å². The second kappa shape index (κ2) is 8.31. The Balaban J connectivity index is 1.42. The lowest BCUT2D eigenvalue weighted by atomic mass is 10.1. The molecule has 6 nitrogen and oxygen atoms in total. The summed E-state index contributed by atoms with van der Waals surface area (Å²) in [4.78, 5) is 25.5. The quantitative estimate of drug-likeness (QED) is 0.233. The predicted octanol–water partition coefficient (Wildman–Crippen LogP) is 5.51. The number of benzene rings is 3. The summed E-state index contributed by atoms with van der Waals surface area (Å²) >= 11 is 0. The van der Waals surface area contributed by atoms with E-state index in [9.17, 15) is 9.59 Å². The zero-order valence-corrected chi connectivity index (χ0v) is 18.2. The van der Waals surface area contributed by atoms with Crippen molar-refractivity contribution in [3.63, 3.8) is 0 Å². The van der Waals surface area contributed by atoms with Gasteiger partial charge in [0.25, 0.3) is 0 Å². The topological polar surface area (TPSA) is 66.8 Å². The van der Waals surface area contributed by atoms with E-state index in [1.165, 1.54) is 7.11 Å². The number of carbonyl (C=O) groups is 2. The van der Waals surface area contributed by atoms with Gasteiger partial charge in [0.15, 0.2) is 5.76 Å². The van der Waals surface area contributed by atoms with E-state index in [-0.39, 0.29) is 17.3 Å². The Hall–Kier alpha value is -4.32. The normalized spacial score (nSPS) is 13.8. The van der Waals surface area contributed by atoms with Crippen molar-refractivity contribution in [3.05, 3.63) is 95.4 Å². The van der Waals surface area contributed by atoms with Gasteiger partial charge >= 0.3 is 5.97 Å². The fraction of sp³-hybridized carbons (Fsp3) is 0.111. The first-order valence-electron chi connectivity index (χ1n) is 10.6. The molecule has 0 radical (unpaired) electrons. The molecule has 0 atom stereocenters. The molecule has 0 aliphatic carbocycles. The number of carbonyl (C=O) groups excluding carboxylic acids is 2. The van der Waals surface area contributed by atoms with E-state index in [0.29, 0.717) is 22.6 Å². The largest absolute Gasteiger partial charge is 0.496 e. The van der Waals surface area contributed by atoms with Crippen LogP contribution in [-0.2, 0) is 6.54 Å². The Morgan fingerprint density at radius 3 is 2.67 bits per heavy atom. The number of esters is 1. The number of aryl methyl sites for hydroxylation is 1. The van der Waals surface area contributed by atoms with Crippen LogP contribution >= 0.6 is 0 Å². The maximum absolute atomic E-state index is 12.9. The van der Waals surface area contributed by atoms with Crippen molar-refractivity contribution < 1.29 is 23.8 Å². The van der Waals surface area contributed by atoms with Crippen molar-refractivity contribution in [1.82, 2.24) is 4.57 Å². The van der Waals surface area contributed by atoms with Gasteiger partial charge in [-0.05, 0) is 43.3 Å². The van der Waals surface area contributed by atoms with E-state index in [0.717, 1.165) is 23.0 Å². The first kappa shape index (κ1) is 20.6. The monoisotopic (exact) mass is 439 g/mol. The summed E-state index contributed by atoms with van der Waals surface area (Å²) in [6, 6.07) is 19.6. The van der Waals surface area contributed by atoms with Crippen LogP contribution in [0, 0.1) is 0 Å². The van der Waals surface area contributed by atoms with Crippen LogP contribution in [0.5, 0.6) is 17.2 Å². The number of para-hydroxylation sites is 2. The molecule has 164 valence electrons. The molecular formula is C27H21NO5. The number of ether oxygens (including phenoxy) is 3. The first-order valence-corrected chi connectivity index (χ1v) is 10.6. The van der Waals surface area contributed by atoms with Gasteiger partial charge in [-0.3, -0.25) is 4.79 Å². The number of ketones is 1. The molecule has 0 bridgehead atoms. The lowest BCUT2D eigenvalue weighted by Crippen LogP contribution is -2.10. The van der Waals surface area contributed by atoms with Gasteiger partial charge in [-0.1, -0.05) is 30.3 Å². The number of fused-ring (bicyclic) bond motifs is 2. The number of nitrogens with zero attached hydrogens (tertiary/aromatic N) is 1. The smallest absolute Gasteiger partial charge is 0.347 e. The molecule has 0 saturated carbocycles. The van der Waals surface area contributed by atoms with Crippen LogP contribution in [0.3, 0.4) is 0 Å². The zero-order valence-electron chi connectivity index (χ0n) is 18.2. The highest BCUT2D eigenvalue weighted by Gasteiger charge is 2.28. The van der Waals surface area contributed by atoms with Gasteiger partial charge in [0.05, 0.1) is 12.7 Å². The van der Waals surface area contributed by atoms with Gasteiger partial charge in [-0.25, -0.2) is 4.79 Å². The molecule has 0 amide bonds. The highest BCUT2D eigenvalue weighted by Crippen LogP contribution is 2.36. The summed E-state index contributed by atoms with van der Waals surface area (Å²) < 4.78 is 18.7. The molecule has 1 aliphatic heterocycles. The molecule has 0 saturated heterocycles. The maximum Gasteiger partial charge on any atom is 0.347 e. The third kappa shape index (κ3) is 3.65. The molecule has 6 heteroatoms. The number of aromatic nitrogens is 1. The molecule has 1 aliphatic rings. The van der Waals surface area contributed by atoms with Crippen molar-refractivity contribution in [2.24, 2.45) is 0 Å². The van der Waals surface area contributed by atoms with Gasteiger partial charge in [0.2, 0.25) is 5.78 Å². The molecule has 0 N–H and O–H groups in total. The average molecular weight is 439 g/mol. The summed E-state index contributed by atoms with van der Waals surface area (Å²) in [5.41, 5.74) is 2.75. The van der Waals surface area contributed by atoms with E-state index < -0.39 is 5.97 Å². The highest BCUT2D eigenvalue weighted by atomic mass is 16.5. The van der Waals surface area contributed by atoms with Gasteiger partial charge in [-0.15, -0.1) is 0 Å². The summed E-state index contributed by atoms with van der Waals surface area (Å²) in [5.74, 6) is 0.529. The molecular weight excluding hydrogens is 418 g/mol. The minimum absolute atomic E-state index is 0.207. The lowest BCUT2D eigenvalue weighted by molar-refractivity contribution is 0.0731. The number of Topliss-reactive ketones (excluding diaryl/α,β-unsaturated/α-hetero) is 1. The van der Waals surface area contributed by atoms with Crippen LogP contribution in [0.4, 0.5) is 0 Å². The third-order valence-electron chi connectivity index (χ3n) is 5.63. The molecule has 0 spiro atoms. The minimum Gasteiger partial charge on any atom is -0.496 e. The van der Waals surface area contributed by atoms with Gasteiger partial charge in [0, 0.05) is 35.3 Å². The molecule has 1 aromatic heterocycles. The van der Waals surface area contributed by atoms with Crippen molar-refractivity contribution in [2.75, 3.05) is 7.11 Å². The molecule has 3 aromatic carbocycles. The van der Waals surface area contributed by atoms with Crippen LogP contribution in [0.15, 0.2) is 78.7 Å².